The second-order valence-corrected chi connectivity index (χ2v) is 4.09. The highest BCUT2D eigenvalue weighted by atomic mass is 19.1. The first-order valence-corrected chi connectivity index (χ1v) is 5.62. The van der Waals surface area contributed by atoms with E-state index < -0.39 is 5.82 Å². The first kappa shape index (κ1) is 12.3. The van der Waals surface area contributed by atoms with Gasteiger partial charge >= 0.3 is 0 Å². The average Bonchev–Trinajstić information content (AvgIpc) is 2.37. The average molecular weight is 244 g/mol. The van der Waals surface area contributed by atoms with Gasteiger partial charge in [0.05, 0.1) is 0 Å². The van der Waals surface area contributed by atoms with Crippen LogP contribution >= 0.6 is 0 Å². The van der Waals surface area contributed by atoms with Crippen LogP contribution in [-0.2, 0) is 6.61 Å². The first-order valence-electron chi connectivity index (χ1n) is 5.62. The number of carbonyl (C=O) groups is 1. The van der Waals surface area contributed by atoms with Crippen molar-refractivity contribution in [2.24, 2.45) is 0 Å². The zero-order chi connectivity index (χ0) is 13.0. The second-order valence-electron chi connectivity index (χ2n) is 4.09. The highest BCUT2D eigenvalue weighted by Crippen LogP contribution is 2.19. The standard InChI is InChI=1S/C15H13FO2/c1-11-3-2-4-13(7-11)10-18-15-6-5-12(9-17)8-14(15)16/h2-9H,10H2,1H3. The third kappa shape index (κ3) is 2.94. The van der Waals surface area contributed by atoms with E-state index in [4.69, 9.17) is 4.74 Å². The predicted octanol–water partition coefficient (Wildman–Crippen LogP) is 3.53. The van der Waals surface area contributed by atoms with E-state index in [1.807, 2.05) is 31.2 Å². The van der Waals surface area contributed by atoms with E-state index in [0.717, 1.165) is 11.1 Å². The van der Waals surface area contributed by atoms with Crippen molar-refractivity contribution in [2.75, 3.05) is 0 Å². The Morgan fingerprint density at radius 3 is 2.72 bits per heavy atom. The summed E-state index contributed by atoms with van der Waals surface area (Å²) in [6.07, 6.45) is 0.605. The molecule has 0 N–H and O–H groups in total. The van der Waals surface area contributed by atoms with Crippen molar-refractivity contribution < 1.29 is 13.9 Å². The van der Waals surface area contributed by atoms with Crippen LogP contribution in [-0.4, -0.2) is 6.29 Å². The summed E-state index contributed by atoms with van der Waals surface area (Å²) in [5.41, 5.74) is 2.41. The quantitative estimate of drug-likeness (QED) is 0.769. The maximum Gasteiger partial charge on any atom is 0.165 e. The van der Waals surface area contributed by atoms with Crippen molar-refractivity contribution in [3.8, 4) is 5.75 Å². The van der Waals surface area contributed by atoms with Gasteiger partial charge in [-0.15, -0.1) is 0 Å². The van der Waals surface area contributed by atoms with Crippen LogP contribution in [0.25, 0.3) is 0 Å². The van der Waals surface area contributed by atoms with E-state index in [1.165, 1.54) is 18.2 Å². The predicted molar refractivity (Wildman–Crippen MR) is 67.3 cm³/mol. The fraction of sp³-hybridized carbons (Fsp3) is 0.133. The molecule has 0 amide bonds. The van der Waals surface area contributed by atoms with E-state index in [1.54, 1.807) is 0 Å². The van der Waals surface area contributed by atoms with Crippen LogP contribution in [0.4, 0.5) is 4.39 Å². The van der Waals surface area contributed by atoms with E-state index >= 15 is 0 Å². The zero-order valence-electron chi connectivity index (χ0n) is 10.0. The Hall–Kier alpha value is -2.16. The van der Waals surface area contributed by atoms with Gasteiger partial charge in [0.1, 0.15) is 12.9 Å². The number of halogens is 1. The lowest BCUT2D eigenvalue weighted by atomic mass is 10.1. The molecular weight excluding hydrogens is 231 g/mol. The lowest BCUT2D eigenvalue weighted by molar-refractivity contribution is 0.112. The Kier molecular flexibility index (Phi) is 3.72. The van der Waals surface area contributed by atoms with Gasteiger partial charge in [0.2, 0.25) is 0 Å². The summed E-state index contributed by atoms with van der Waals surface area (Å²) in [7, 11) is 0. The Balaban J connectivity index is 2.08. The molecule has 0 saturated heterocycles. The summed E-state index contributed by atoms with van der Waals surface area (Å²) in [5, 5.41) is 0. The van der Waals surface area contributed by atoms with Gasteiger partial charge in [-0.25, -0.2) is 4.39 Å². The van der Waals surface area contributed by atoms with Crippen LogP contribution in [0.5, 0.6) is 5.75 Å². The SMILES string of the molecule is Cc1cccc(COc2ccc(C=O)cc2F)c1. The lowest BCUT2D eigenvalue weighted by Gasteiger charge is -2.08. The maximum absolute atomic E-state index is 13.5. The van der Waals surface area contributed by atoms with Crippen LogP contribution in [0.2, 0.25) is 0 Å². The Bertz CT molecular complexity index is 564. The Morgan fingerprint density at radius 1 is 1.22 bits per heavy atom. The molecule has 2 aromatic rings. The molecule has 2 rings (SSSR count). The molecular formula is C15H13FO2. The maximum atomic E-state index is 13.5. The van der Waals surface area contributed by atoms with Gasteiger partial charge in [-0.1, -0.05) is 29.8 Å². The molecule has 0 atom stereocenters. The molecule has 0 aliphatic carbocycles. The smallest absolute Gasteiger partial charge is 0.165 e. The molecule has 0 aliphatic heterocycles. The number of rotatable bonds is 4. The highest BCUT2D eigenvalue weighted by Gasteiger charge is 2.04. The number of ether oxygens (including phenoxy) is 1. The van der Waals surface area contributed by atoms with E-state index in [0.29, 0.717) is 18.5 Å². The molecule has 0 bridgehead atoms. The number of hydrogen-bond acceptors (Lipinski definition) is 2. The third-order valence-electron chi connectivity index (χ3n) is 2.57. The normalized spacial score (nSPS) is 10.1. The molecule has 0 saturated carbocycles. The molecule has 0 unspecified atom stereocenters. The fourth-order valence-electron chi connectivity index (χ4n) is 1.67. The van der Waals surface area contributed by atoms with Crippen molar-refractivity contribution in [1.29, 1.82) is 0 Å². The number of aryl methyl sites for hydroxylation is 1. The van der Waals surface area contributed by atoms with Gasteiger partial charge in [-0.3, -0.25) is 4.79 Å². The van der Waals surface area contributed by atoms with Gasteiger partial charge in [-0.2, -0.15) is 0 Å². The van der Waals surface area contributed by atoms with Crippen LogP contribution < -0.4 is 4.74 Å². The summed E-state index contributed by atoms with van der Waals surface area (Å²) in [6, 6.07) is 12.0. The molecule has 92 valence electrons. The van der Waals surface area contributed by atoms with Crippen LogP contribution in [0.3, 0.4) is 0 Å². The summed E-state index contributed by atoms with van der Waals surface area (Å²) in [6.45, 7) is 2.29. The van der Waals surface area contributed by atoms with E-state index in [9.17, 15) is 9.18 Å². The molecule has 2 aromatic carbocycles. The number of aldehydes is 1. The molecule has 18 heavy (non-hydrogen) atoms. The minimum absolute atomic E-state index is 0.155. The number of hydrogen-bond donors (Lipinski definition) is 0. The van der Waals surface area contributed by atoms with E-state index in [2.05, 4.69) is 0 Å². The second kappa shape index (κ2) is 5.45. The molecule has 0 aliphatic rings. The highest BCUT2D eigenvalue weighted by molar-refractivity contribution is 5.74. The monoisotopic (exact) mass is 244 g/mol. The van der Waals surface area contributed by atoms with Crippen molar-refractivity contribution in [3.63, 3.8) is 0 Å². The molecule has 3 heteroatoms. The van der Waals surface area contributed by atoms with Crippen molar-refractivity contribution >= 4 is 6.29 Å². The molecule has 0 spiro atoms. The summed E-state index contributed by atoms with van der Waals surface area (Å²) < 4.78 is 18.9. The molecule has 0 aromatic heterocycles. The van der Waals surface area contributed by atoms with Crippen molar-refractivity contribution in [1.82, 2.24) is 0 Å². The van der Waals surface area contributed by atoms with Crippen LogP contribution in [0, 0.1) is 12.7 Å². The van der Waals surface area contributed by atoms with Crippen molar-refractivity contribution in [2.45, 2.75) is 13.5 Å². The minimum atomic E-state index is -0.521. The molecule has 0 heterocycles. The van der Waals surface area contributed by atoms with Gasteiger partial charge in [0, 0.05) is 5.56 Å². The Morgan fingerprint density at radius 2 is 2.06 bits per heavy atom. The third-order valence-corrected chi connectivity index (χ3v) is 2.57. The summed E-state index contributed by atoms with van der Waals surface area (Å²) in [5.74, 6) is -0.366. The van der Waals surface area contributed by atoms with Crippen LogP contribution in [0.1, 0.15) is 21.5 Å². The molecule has 0 radical (unpaired) electrons. The number of carbonyl (C=O) groups excluding carboxylic acids is 1. The van der Waals surface area contributed by atoms with Gasteiger partial charge in [0.25, 0.3) is 0 Å². The Labute approximate surface area is 105 Å². The fourth-order valence-corrected chi connectivity index (χ4v) is 1.67. The largest absolute Gasteiger partial charge is 0.486 e. The molecule has 2 nitrogen and oxygen atoms in total. The van der Waals surface area contributed by atoms with Crippen LogP contribution in [0.15, 0.2) is 42.5 Å². The van der Waals surface area contributed by atoms with Gasteiger partial charge < -0.3 is 4.74 Å². The lowest BCUT2D eigenvalue weighted by Crippen LogP contribution is -1.98. The van der Waals surface area contributed by atoms with E-state index in [-0.39, 0.29) is 5.75 Å². The van der Waals surface area contributed by atoms with Gasteiger partial charge in [0.15, 0.2) is 11.6 Å². The van der Waals surface area contributed by atoms with Gasteiger partial charge in [-0.05, 0) is 30.7 Å². The van der Waals surface area contributed by atoms with Crippen molar-refractivity contribution in [3.05, 3.63) is 65.0 Å². The first-order chi connectivity index (χ1) is 8.69. The number of benzene rings is 2. The zero-order valence-corrected chi connectivity index (χ0v) is 10.0. The summed E-state index contributed by atoms with van der Waals surface area (Å²) >= 11 is 0. The molecule has 0 fully saturated rings. The summed E-state index contributed by atoms with van der Waals surface area (Å²) in [4.78, 5) is 10.5. The topological polar surface area (TPSA) is 26.3 Å². The minimum Gasteiger partial charge on any atom is -0.486 e.